The van der Waals surface area contributed by atoms with Crippen molar-refractivity contribution in [1.29, 1.82) is 0 Å². The van der Waals surface area contributed by atoms with Crippen molar-refractivity contribution >= 4 is 29.9 Å². The maximum atomic E-state index is 13.5. The molecule has 17 heteroatoms. The molecule has 1 aliphatic rings. The summed E-state index contributed by atoms with van der Waals surface area (Å²) in [6.45, 7) is 4.15. The van der Waals surface area contributed by atoms with Crippen molar-refractivity contribution in [3.8, 4) is 11.5 Å². The van der Waals surface area contributed by atoms with Crippen LogP contribution in [0.15, 0.2) is 59.2 Å². The summed E-state index contributed by atoms with van der Waals surface area (Å²) in [6.07, 6.45) is -2.25. The first-order valence-electron chi connectivity index (χ1n) is 14.7. The lowest BCUT2D eigenvalue weighted by Crippen LogP contribution is -2.59. The monoisotopic (exact) mass is 679 g/mol. The van der Waals surface area contributed by atoms with E-state index in [1.54, 1.807) is 31.2 Å². The molecule has 260 valence electrons. The Bertz CT molecular complexity index is 1570. The number of amides is 3. The topological polar surface area (TPSA) is 203 Å². The molecule has 48 heavy (non-hydrogen) atoms. The number of carbonyl (C=O) groups excluding carboxylic acids is 4. The molecule has 5 N–H and O–H groups in total. The third-order valence-electron chi connectivity index (χ3n) is 7.17. The van der Waals surface area contributed by atoms with Gasteiger partial charge in [0.15, 0.2) is 5.69 Å². The molecule has 3 aromatic rings. The van der Waals surface area contributed by atoms with E-state index < -0.39 is 30.2 Å². The van der Waals surface area contributed by atoms with E-state index in [-0.39, 0.29) is 48.2 Å². The second kappa shape index (κ2) is 16.5. The number of benzene rings is 2. The van der Waals surface area contributed by atoms with Gasteiger partial charge in [-0.2, -0.15) is 18.2 Å². The molecule has 2 heterocycles. The van der Waals surface area contributed by atoms with Gasteiger partial charge in [-0.25, -0.2) is 9.59 Å². The zero-order chi connectivity index (χ0) is 35.5. The van der Waals surface area contributed by atoms with Crippen molar-refractivity contribution in [2.75, 3.05) is 32.1 Å². The standard InChI is InChI=1S/C29H35N5O7.C2HF3O2/c1-3-40-27(38)25-18-41-29(32-25)33-28(39)31-24(15-19-9-11-22(35)12-10-19)26(37)30-21-7-5-13-34(2,17-21)16-20-6-4-8-23(36)14-20;3-2(4,5)1(6)7/h4,6,8-12,14,18,21,24H,3,5,7,13,15-17H2,1-2H3,(H4-,30,31,32,33,35,36,37,39);(H,6,7)/t21-,24-,34?;/m0./s1. The number of likely N-dealkylation sites (tertiary alicyclic amines) is 1. The van der Waals surface area contributed by atoms with E-state index in [0.717, 1.165) is 36.8 Å². The molecule has 0 spiro atoms. The summed E-state index contributed by atoms with van der Waals surface area (Å²) in [6, 6.07) is 11.5. The molecule has 0 bridgehead atoms. The smallest absolute Gasteiger partial charge is 0.430 e. The number of aliphatic carboxylic acids is 1. The van der Waals surface area contributed by atoms with Crippen LogP contribution in [0.1, 0.15) is 41.4 Å². The highest BCUT2D eigenvalue weighted by Crippen LogP contribution is 2.23. The van der Waals surface area contributed by atoms with Crippen molar-refractivity contribution in [1.82, 2.24) is 15.6 Å². The predicted molar refractivity (Wildman–Crippen MR) is 160 cm³/mol. The van der Waals surface area contributed by atoms with Crippen LogP contribution in [-0.4, -0.2) is 88.6 Å². The van der Waals surface area contributed by atoms with Crippen LogP contribution in [0.3, 0.4) is 0 Å². The summed E-state index contributed by atoms with van der Waals surface area (Å²) in [4.78, 5) is 50.9. The molecule has 1 aromatic heterocycles. The van der Waals surface area contributed by atoms with E-state index in [2.05, 4.69) is 28.0 Å². The van der Waals surface area contributed by atoms with Crippen molar-refractivity contribution in [2.24, 2.45) is 0 Å². The van der Waals surface area contributed by atoms with E-state index in [9.17, 15) is 37.8 Å². The highest BCUT2D eigenvalue weighted by Gasteiger charge is 2.34. The third kappa shape index (κ3) is 11.8. The van der Waals surface area contributed by atoms with Gasteiger partial charge in [0.05, 0.1) is 32.8 Å². The molecule has 1 saturated heterocycles. The molecular formula is C31H36F3N5O9. The van der Waals surface area contributed by atoms with Gasteiger partial charge in [-0.05, 0) is 49.6 Å². The highest BCUT2D eigenvalue weighted by molar-refractivity contribution is 5.93. The van der Waals surface area contributed by atoms with Gasteiger partial charge >= 0.3 is 24.2 Å². The van der Waals surface area contributed by atoms with Gasteiger partial charge in [0, 0.05) is 12.0 Å². The number of aromatic hydroxyl groups is 2. The number of piperidine rings is 1. The number of anilines is 1. The summed E-state index contributed by atoms with van der Waals surface area (Å²) in [5.41, 5.74) is 1.66. The lowest BCUT2D eigenvalue weighted by molar-refractivity contribution is -0.927. The molecule has 14 nitrogen and oxygen atoms in total. The van der Waals surface area contributed by atoms with Gasteiger partial charge in [-0.1, -0.05) is 24.3 Å². The number of oxazole rings is 1. The first-order valence-corrected chi connectivity index (χ1v) is 14.7. The average Bonchev–Trinajstić information content (AvgIpc) is 3.46. The number of hydrogen-bond acceptors (Lipinski definition) is 10. The summed E-state index contributed by atoms with van der Waals surface area (Å²) < 4.78 is 42.3. The molecule has 1 fully saturated rings. The Balaban J connectivity index is 0.000000804. The molecule has 4 rings (SSSR count). The van der Waals surface area contributed by atoms with Crippen LogP contribution in [-0.2, 0) is 27.3 Å². The fourth-order valence-corrected chi connectivity index (χ4v) is 5.09. The molecule has 3 atom stereocenters. The third-order valence-corrected chi connectivity index (χ3v) is 7.17. The number of urea groups is 1. The Morgan fingerprint density at radius 1 is 1.10 bits per heavy atom. The first kappa shape index (κ1) is 37.1. The van der Waals surface area contributed by atoms with Gasteiger partial charge in [-0.15, -0.1) is 0 Å². The minimum absolute atomic E-state index is 0.0905. The molecule has 1 aliphatic heterocycles. The Morgan fingerprint density at radius 3 is 2.42 bits per heavy atom. The molecule has 2 aromatic carbocycles. The number of ether oxygens (including phenoxy) is 1. The molecule has 0 saturated carbocycles. The van der Waals surface area contributed by atoms with E-state index >= 15 is 0 Å². The number of carboxylic acid groups (broad SMARTS) is 1. The van der Waals surface area contributed by atoms with E-state index in [1.807, 2.05) is 12.1 Å². The summed E-state index contributed by atoms with van der Waals surface area (Å²) in [7, 11) is 2.13. The number of aromatic nitrogens is 1. The lowest BCUT2D eigenvalue weighted by atomic mass is 10.00. The highest BCUT2D eigenvalue weighted by atomic mass is 19.4. The van der Waals surface area contributed by atoms with Crippen molar-refractivity contribution in [3.05, 3.63) is 71.6 Å². The van der Waals surface area contributed by atoms with Crippen LogP contribution in [0.4, 0.5) is 24.0 Å². The fourth-order valence-electron chi connectivity index (χ4n) is 5.09. The van der Waals surface area contributed by atoms with Gasteiger partial charge in [0.1, 0.15) is 36.3 Å². The first-order chi connectivity index (χ1) is 22.6. The number of likely N-dealkylation sites (N-methyl/N-ethyl adjacent to an activating group) is 1. The van der Waals surface area contributed by atoms with Crippen LogP contribution in [0, 0.1) is 0 Å². The Labute approximate surface area is 273 Å². The number of alkyl halides is 3. The molecule has 1 unspecified atom stereocenters. The normalized spacial score (nSPS) is 18.0. The Morgan fingerprint density at radius 2 is 1.79 bits per heavy atom. The van der Waals surface area contributed by atoms with Crippen LogP contribution < -0.4 is 21.1 Å². The maximum absolute atomic E-state index is 13.5. The lowest BCUT2D eigenvalue weighted by Gasteiger charge is -2.42. The SMILES string of the molecule is CCOC(=O)c1coc(NC(=O)N[C@@H](Cc2ccc(O)cc2)C(=O)N[C@H]2CCC[N+](C)(Cc3cccc(O)c3)C2)n1.O=C([O-])C(F)(F)F. The number of phenols is 2. The Hall–Kier alpha value is -5.32. The number of quaternary nitrogens is 1. The second-order valence-electron chi connectivity index (χ2n) is 11.3. The number of carbonyl (C=O) groups is 4. The number of hydrogen-bond donors (Lipinski definition) is 5. The molecule has 3 amide bonds. The Kier molecular flexibility index (Phi) is 12.8. The molecular weight excluding hydrogens is 643 g/mol. The van der Waals surface area contributed by atoms with Gasteiger partial charge < -0.3 is 44.4 Å². The van der Waals surface area contributed by atoms with Crippen LogP contribution in [0.5, 0.6) is 11.5 Å². The van der Waals surface area contributed by atoms with Crippen molar-refractivity contribution in [3.63, 3.8) is 0 Å². The predicted octanol–water partition coefficient (Wildman–Crippen LogP) is 2.22. The van der Waals surface area contributed by atoms with E-state index in [4.69, 9.17) is 19.1 Å². The minimum atomic E-state index is -5.19. The minimum Gasteiger partial charge on any atom is -0.542 e. The van der Waals surface area contributed by atoms with Gasteiger partial charge in [-0.3, -0.25) is 10.1 Å². The number of carboxylic acids is 1. The number of rotatable bonds is 10. The summed E-state index contributed by atoms with van der Waals surface area (Å²) >= 11 is 0. The van der Waals surface area contributed by atoms with Gasteiger partial charge in [0.25, 0.3) is 0 Å². The molecule has 0 radical (unpaired) electrons. The van der Waals surface area contributed by atoms with Crippen molar-refractivity contribution < 1.29 is 61.3 Å². The van der Waals surface area contributed by atoms with Crippen LogP contribution in [0.2, 0.25) is 0 Å². The van der Waals surface area contributed by atoms with Crippen LogP contribution >= 0.6 is 0 Å². The number of nitrogens with zero attached hydrogens (tertiary/aromatic N) is 2. The van der Waals surface area contributed by atoms with E-state index in [0.29, 0.717) is 17.6 Å². The zero-order valence-electron chi connectivity index (χ0n) is 26.1. The zero-order valence-corrected chi connectivity index (χ0v) is 26.1. The van der Waals surface area contributed by atoms with Crippen molar-refractivity contribution in [2.45, 2.75) is 51.0 Å². The quantitative estimate of drug-likeness (QED) is 0.156. The maximum Gasteiger partial charge on any atom is 0.430 e. The van der Waals surface area contributed by atoms with Gasteiger partial charge in [0.2, 0.25) is 5.91 Å². The van der Waals surface area contributed by atoms with E-state index in [1.165, 1.54) is 12.1 Å². The number of halogens is 3. The van der Waals surface area contributed by atoms with Crippen LogP contribution in [0.25, 0.3) is 0 Å². The second-order valence-corrected chi connectivity index (χ2v) is 11.3. The molecule has 0 aliphatic carbocycles. The fraction of sp³-hybridized carbons (Fsp3) is 0.387. The summed E-state index contributed by atoms with van der Waals surface area (Å²) in [5.74, 6) is -3.74. The largest absolute Gasteiger partial charge is 0.542 e. The number of esters is 1. The summed E-state index contributed by atoms with van der Waals surface area (Å²) in [5, 5.41) is 36.5. The number of phenolic OH excluding ortho intramolecular Hbond substituents is 2. The number of nitrogens with one attached hydrogen (secondary N) is 3. The average molecular weight is 680 g/mol.